The molecular weight excluding hydrogens is 895 g/mol. The second-order valence-electron chi connectivity index (χ2n) is 15.7. The number of nitrogens with zero attached hydrogens (tertiary/aromatic N) is 4. The summed E-state index contributed by atoms with van der Waals surface area (Å²) in [6.07, 6.45) is 7.60. The van der Waals surface area contributed by atoms with Gasteiger partial charge in [0.05, 0.1) is 24.8 Å². The Hall–Kier alpha value is -2.61. The predicted molar refractivity (Wildman–Crippen MR) is 223 cm³/mol. The Labute approximate surface area is 353 Å². The lowest BCUT2D eigenvalue weighted by Crippen LogP contribution is -2.51. The van der Waals surface area contributed by atoms with Gasteiger partial charge in [0.1, 0.15) is 12.4 Å². The predicted octanol–water partition coefficient (Wildman–Crippen LogP) is 5.84. The van der Waals surface area contributed by atoms with Crippen LogP contribution in [-0.2, 0) is 43.2 Å². The topological polar surface area (TPSA) is 132 Å². The van der Waals surface area contributed by atoms with Crippen molar-refractivity contribution in [3.63, 3.8) is 0 Å². The highest BCUT2D eigenvalue weighted by atomic mass is 127. The van der Waals surface area contributed by atoms with E-state index in [9.17, 15) is 31.9 Å². The molecule has 0 unspecified atom stereocenters. The molecule has 0 aromatic heterocycles. The van der Waals surface area contributed by atoms with E-state index in [1.165, 1.54) is 40.9 Å². The van der Waals surface area contributed by atoms with Gasteiger partial charge in [-0.3, -0.25) is 9.59 Å². The first kappa shape index (κ1) is 44.0. The largest absolute Gasteiger partial charge is 0.487 e. The molecule has 4 aliphatic rings. The number of hydrogen-bond acceptors (Lipinski definition) is 9. The molecule has 12 nitrogen and oxygen atoms in total. The summed E-state index contributed by atoms with van der Waals surface area (Å²) in [4.78, 5) is 33.3. The van der Waals surface area contributed by atoms with Gasteiger partial charge in [0.2, 0.25) is 5.91 Å². The standard InChI is InChI=1S/C40H53ClF2IN5O7S/c1-46-17-5-4-8-35(55-22-21-48-19-15-39(42,43)16-20-48)33-13-10-29(33)26-49-18-6-3-7-28-23-32(41)12-9-30(28)27-56-36-14-11-31(24-34(36)49)40(52,25-37(46)50)38(51)45-57(53,54)47(2)44/h4,8-9,11-12,14,23-24,29,33,35,52H,3,5-7,10,13,15-22,25-27H2,1-2H3,(H,45,51)/b8-4+/t29-,33+,35-,40+/m0/s1. The van der Waals surface area contributed by atoms with Crippen LogP contribution in [0.3, 0.4) is 0 Å². The third-order valence-electron chi connectivity index (χ3n) is 11.8. The number of nitrogens with one attached hydrogen (secondary N) is 1. The molecule has 2 fully saturated rings. The molecule has 2 aromatic carbocycles. The van der Waals surface area contributed by atoms with Crippen LogP contribution in [0, 0.1) is 11.8 Å². The van der Waals surface area contributed by atoms with E-state index in [4.69, 9.17) is 21.1 Å². The number of rotatable bonds is 7. The van der Waals surface area contributed by atoms with Gasteiger partial charge in [-0.05, 0) is 91.3 Å². The van der Waals surface area contributed by atoms with Crippen molar-refractivity contribution in [2.75, 3.05) is 64.9 Å². The van der Waals surface area contributed by atoms with E-state index in [0.29, 0.717) is 62.2 Å². The molecule has 1 saturated heterocycles. The van der Waals surface area contributed by atoms with Crippen molar-refractivity contribution >= 4 is 62.2 Å². The van der Waals surface area contributed by atoms with Gasteiger partial charge in [0.25, 0.3) is 11.8 Å². The Bertz CT molecular complexity index is 1900. The molecule has 4 atom stereocenters. The second-order valence-corrected chi connectivity index (χ2v) is 20.0. The van der Waals surface area contributed by atoms with E-state index in [1.54, 1.807) is 19.2 Å². The quantitative estimate of drug-likeness (QED) is 0.200. The molecule has 1 saturated carbocycles. The zero-order valence-corrected chi connectivity index (χ0v) is 36.2. The molecule has 1 aliphatic carbocycles. The first-order valence-corrected chi connectivity index (χ1v) is 22.4. The van der Waals surface area contributed by atoms with Crippen LogP contribution in [0.25, 0.3) is 0 Å². The average molecular weight is 948 g/mol. The van der Waals surface area contributed by atoms with Gasteiger partial charge >= 0.3 is 10.2 Å². The number of fused-ring (bicyclic) bond motifs is 3. The number of piperidine rings is 1. The van der Waals surface area contributed by atoms with Crippen molar-refractivity contribution in [1.82, 2.24) is 17.0 Å². The fourth-order valence-corrected chi connectivity index (χ4v) is 9.05. The minimum absolute atomic E-state index is 0.0521. The van der Waals surface area contributed by atoms with Crippen LogP contribution in [0.4, 0.5) is 14.5 Å². The van der Waals surface area contributed by atoms with E-state index in [1.807, 2.05) is 40.0 Å². The van der Waals surface area contributed by atoms with Gasteiger partial charge in [-0.2, -0.15) is 8.42 Å². The lowest BCUT2D eigenvalue weighted by molar-refractivity contribution is -0.148. The van der Waals surface area contributed by atoms with Crippen LogP contribution in [-0.4, -0.2) is 110 Å². The molecule has 17 heteroatoms. The molecule has 3 heterocycles. The number of halogens is 4. The van der Waals surface area contributed by atoms with Crippen LogP contribution in [0.15, 0.2) is 48.6 Å². The second kappa shape index (κ2) is 18.8. The normalized spacial score (nSPS) is 26.9. The summed E-state index contributed by atoms with van der Waals surface area (Å²) in [5.41, 5.74) is 0.184. The number of ether oxygens (including phenoxy) is 2. The van der Waals surface area contributed by atoms with Crippen molar-refractivity contribution in [1.29, 1.82) is 0 Å². The van der Waals surface area contributed by atoms with E-state index >= 15 is 0 Å². The van der Waals surface area contributed by atoms with Crippen LogP contribution in [0.2, 0.25) is 5.02 Å². The third kappa shape index (κ3) is 11.0. The first-order valence-electron chi connectivity index (χ1n) is 19.7. The SMILES string of the molecule is CN1CC/C=C/[C@H](OCCN2CCC(F)(F)CC2)[C@@H]2CC[C@H]2CN2CCCCc3cc(Cl)ccc3COc3ccc(cc32)[C@@](O)(C(=O)NS(=O)(=O)N(C)I)CC1=O. The van der Waals surface area contributed by atoms with Gasteiger partial charge in [-0.15, -0.1) is 2.52 Å². The Kier molecular flexibility index (Phi) is 14.5. The number of benzene rings is 2. The Morgan fingerprint density at radius 3 is 2.60 bits per heavy atom. The number of anilines is 1. The van der Waals surface area contributed by atoms with Crippen LogP contribution < -0.4 is 14.4 Å². The zero-order chi connectivity index (χ0) is 41.0. The van der Waals surface area contributed by atoms with Gasteiger partial charge in [0.15, 0.2) is 5.60 Å². The fraction of sp³-hybridized carbons (Fsp3) is 0.600. The van der Waals surface area contributed by atoms with Crippen molar-refractivity contribution in [2.45, 2.75) is 82.0 Å². The Morgan fingerprint density at radius 2 is 1.88 bits per heavy atom. The molecule has 314 valence electrons. The number of carbonyl (C=O) groups is 2. The van der Waals surface area contributed by atoms with Gasteiger partial charge in [-0.25, -0.2) is 13.5 Å². The van der Waals surface area contributed by atoms with Gasteiger partial charge in [0, 0.05) is 94.1 Å². The highest BCUT2D eigenvalue weighted by Crippen LogP contribution is 2.43. The number of amides is 2. The van der Waals surface area contributed by atoms with Crippen molar-refractivity contribution in [3.8, 4) is 5.75 Å². The number of carbonyl (C=O) groups excluding carboxylic acids is 2. The number of likely N-dealkylation sites (tertiary alicyclic amines) is 1. The molecule has 2 N–H and O–H groups in total. The Balaban J connectivity index is 1.35. The highest BCUT2D eigenvalue weighted by molar-refractivity contribution is 14.1. The van der Waals surface area contributed by atoms with Crippen molar-refractivity contribution in [2.24, 2.45) is 11.8 Å². The van der Waals surface area contributed by atoms with E-state index < -0.39 is 40.0 Å². The molecule has 6 rings (SSSR count). The average Bonchev–Trinajstić information content (AvgIpc) is 3.17. The fourth-order valence-electron chi connectivity index (χ4n) is 8.03. The number of hydrogen-bond donors (Lipinski definition) is 2. The summed E-state index contributed by atoms with van der Waals surface area (Å²) < 4.78 is 69.2. The number of aryl methyl sites for hydroxylation is 1. The molecule has 0 spiro atoms. The molecule has 3 aliphatic heterocycles. The lowest BCUT2D eigenvalue weighted by Gasteiger charge is -2.44. The number of alkyl halides is 2. The smallest absolute Gasteiger partial charge is 0.312 e. The first-order chi connectivity index (χ1) is 27.0. The summed E-state index contributed by atoms with van der Waals surface area (Å²) in [6, 6.07) is 10.6. The lowest BCUT2D eigenvalue weighted by atomic mass is 9.70. The summed E-state index contributed by atoms with van der Waals surface area (Å²) in [6.45, 7) is 3.36. The minimum atomic E-state index is -4.34. The Morgan fingerprint density at radius 1 is 1.11 bits per heavy atom. The zero-order valence-electron chi connectivity index (χ0n) is 32.5. The highest BCUT2D eigenvalue weighted by Gasteiger charge is 2.45. The molecule has 0 radical (unpaired) electrons. The summed E-state index contributed by atoms with van der Waals surface area (Å²) in [5, 5.41) is 12.9. The maximum Gasteiger partial charge on any atom is 0.312 e. The van der Waals surface area contributed by atoms with Gasteiger partial charge in [-0.1, -0.05) is 35.9 Å². The molecule has 2 amide bonds. The number of aliphatic hydroxyl groups is 1. The maximum atomic E-state index is 13.9. The molecular formula is C40H53ClF2IN5O7S. The maximum absolute atomic E-state index is 13.9. The van der Waals surface area contributed by atoms with Gasteiger partial charge < -0.3 is 29.3 Å². The summed E-state index contributed by atoms with van der Waals surface area (Å²) in [7, 11) is -1.52. The molecule has 2 bridgehead atoms. The van der Waals surface area contributed by atoms with E-state index in [2.05, 4.69) is 4.90 Å². The molecule has 2 aromatic rings. The minimum Gasteiger partial charge on any atom is -0.487 e. The van der Waals surface area contributed by atoms with Crippen LogP contribution in [0.5, 0.6) is 5.75 Å². The summed E-state index contributed by atoms with van der Waals surface area (Å²) >= 11 is 7.90. The van der Waals surface area contributed by atoms with Crippen LogP contribution >= 0.6 is 34.5 Å². The van der Waals surface area contributed by atoms with Crippen molar-refractivity contribution < 1.29 is 41.4 Å². The summed E-state index contributed by atoms with van der Waals surface area (Å²) in [5.74, 6) is -3.55. The van der Waals surface area contributed by atoms with E-state index in [0.717, 1.165) is 45.7 Å². The third-order valence-corrected chi connectivity index (χ3v) is 14.7. The monoisotopic (exact) mass is 947 g/mol. The van der Waals surface area contributed by atoms with E-state index in [-0.39, 0.29) is 49.5 Å². The van der Waals surface area contributed by atoms with Crippen LogP contribution in [0.1, 0.15) is 68.1 Å². The molecule has 57 heavy (non-hydrogen) atoms. The van der Waals surface area contributed by atoms with Crippen molar-refractivity contribution in [3.05, 3.63) is 70.3 Å².